The van der Waals surface area contributed by atoms with Crippen LogP contribution in [0.1, 0.15) is 93.2 Å². The average molecular weight is 419 g/mol. The van der Waals surface area contributed by atoms with Crippen molar-refractivity contribution in [3.05, 3.63) is 41.3 Å². The van der Waals surface area contributed by atoms with Crippen LogP contribution in [0.5, 0.6) is 0 Å². The highest BCUT2D eigenvalue weighted by molar-refractivity contribution is 5.89. The van der Waals surface area contributed by atoms with Crippen molar-refractivity contribution in [1.29, 1.82) is 0 Å². The van der Waals surface area contributed by atoms with Crippen LogP contribution in [0, 0.1) is 0 Å². The molecule has 6 rings (SSSR count). The molecule has 1 saturated heterocycles. The van der Waals surface area contributed by atoms with E-state index in [1.165, 1.54) is 54.1 Å². The summed E-state index contributed by atoms with van der Waals surface area (Å²) in [5.41, 5.74) is 4.46. The lowest BCUT2D eigenvalue weighted by molar-refractivity contribution is 0.133. The highest BCUT2D eigenvalue weighted by atomic mass is 15.6. The molecule has 0 unspecified atom stereocenters. The third-order valence-corrected chi connectivity index (χ3v) is 8.24. The van der Waals surface area contributed by atoms with E-state index in [9.17, 15) is 0 Å². The largest absolute Gasteiger partial charge is 0.345 e. The Bertz CT molecular complexity index is 1090. The SMILES string of the molecule is CC(C)n1cc2c3c(cccc31)[C@H]1C[C@@H](c3nnnn3C3CCCCC3)CN(C)[C@@H]1C2. The van der Waals surface area contributed by atoms with Crippen molar-refractivity contribution in [1.82, 2.24) is 29.7 Å². The summed E-state index contributed by atoms with van der Waals surface area (Å²) in [5, 5.41) is 14.7. The lowest BCUT2D eigenvalue weighted by atomic mass is 9.72. The summed E-state index contributed by atoms with van der Waals surface area (Å²) in [5.74, 6) is 2.06. The Morgan fingerprint density at radius 2 is 1.94 bits per heavy atom. The Morgan fingerprint density at radius 1 is 1.10 bits per heavy atom. The molecule has 6 nitrogen and oxygen atoms in total. The van der Waals surface area contributed by atoms with Gasteiger partial charge in [-0.25, -0.2) is 4.68 Å². The Labute approximate surface area is 184 Å². The molecule has 164 valence electrons. The number of benzene rings is 1. The standard InChI is InChI=1S/C25H34N6/c1-16(2)30-15-17-13-23-21(20-10-7-11-22(30)24(17)20)12-18(14-29(23)3)25-26-27-28-31(25)19-8-5-4-6-9-19/h7,10-11,15-16,18-19,21,23H,4-6,8-9,12-14H2,1-3H3/t18-,21-,23-/m1/s1. The molecule has 0 N–H and O–H groups in total. The molecule has 3 atom stereocenters. The lowest BCUT2D eigenvalue weighted by Crippen LogP contribution is -2.47. The van der Waals surface area contributed by atoms with Crippen molar-refractivity contribution < 1.29 is 0 Å². The maximum absolute atomic E-state index is 4.58. The number of aromatic nitrogens is 5. The number of likely N-dealkylation sites (tertiary alicyclic amines) is 1. The number of rotatable bonds is 3. The van der Waals surface area contributed by atoms with Crippen LogP contribution in [0.15, 0.2) is 24.4 Å². The van der Waals surface area contributed by atoms with Gasteiger partial charge in [0.1, 0.15) is 0 Å². The van der Waals surface area contributed by atoms with Gasteiger partial charge in [-0.3, -0.25) is 0 Å². The average Bonchev–Trinajstić information content (AvgIpc) is 3.41. The smallest absolute Gasteiger partial charge is 0.155 e. The number of piperidine rings is 1. The van der Waals surface area contributed by atoms with Gasteiger partial charge in [-0.2, -0.15) is 0 Å². The fraction of sp³-hybridized carbons (Fsp3) is 0.640. The van der Waals surface area contributed by atoms with Crippen LogP contribution in [-0.2, 0) is 6.42 Å². The highest BCUT2D eigenvalue weighted by Crippen LogP contribution is 2.47. The summed E-state index contributed by atoms with van der Waals surface area (Å²) in [6.45, 7) is 5.62. The number of hydrogen-bond acceptors (Lipinski definition) is 4. The van der Waals surface area contributed by atoms with E-state index >= 15 is 0 Å². The van der Waals surface area contributed by atoms with Crippen LogP contribution in [0.2, 0.25) is 0 Å². The van der Waals surface area contributed by atoms with E-state index in [-0.39, 0.29) is 0 Å². The molecule has 3 aromatic rings. The highest BCUT2D eigenvalue weighted by Gasteiger charge is 2.42. The van der Waals surface area contributed by atoms with Gasteiger partial charge in [-0.1, -0.05) is 31.4 Å². The maximum Gasteiger partial charge on any atom is 0.155 e. The Balaban J connectivity index is 1.38. The Hall–Kier alpha value is -2.21. The first-order valence-corrected chi connectivity index (χ1v) is 12.2. The van der Waals surface area contributed by atoms with Gasteiger partial charge in [0.15, 0.2) is 5.82 Å². The van der Waals surface area contributed by atoms with Gasteiger partial charge in [0.25, 0.3) is 0 Å². The molecule has 0 radical (unpaired) electrons. The number of hydrogen-bond donors (Lipinski definition) is 0. The first kappa shape index (κ1) is 19.5. The van der Waals surface area contributed by atoms with E-state index in [4.69, 9.17) is 0 Å². The molecular formula is C25H34N6. The van der Waals surface area contributed by atoms with Crippen LogP contribution in [0.25, 0.3) is 10.9 Å². The zero-order valence-corrected chi connectivity index (χ0v) is 19.0. The summed E-state index contributed by atoms with van der Waals surface area (Å²) < 4.78 is 4.66. The van der Waals surface area contributed by atoms with Crippen molar-refractivity contribution in [2.45, 2.75) is 88.8 Å². The van der Waals surface area contributed by atoms with Gasteiger partial charge in [-0.05, 0) is 74.2 Å². The van der Waals surface area contributed by atoms with Gasteiger partial charge in [0.05, 0.1) is 6.04 Å². The predicted octanol–water partition coefficient (Wildman–Crippen LogP) is 4.84. The van der Waals surface area contributed by atoms with Crippen molar-refractivity contribution in [2.24, 2.45) is 0 Å². The first-order chi connectivity index (χ1) is 15.1. The van der Waals surface area contributed by atoms with Crippen molar-refractivity contribution in [2.75, 3.05) is 13.6 Å². The van der Waals surface area contributed by atoms with Gasteiger partial charge in [0.2, 0.25) is 0 Å². The second-order valence-electron chi connectivity index (χ2n) is 10.4. The molecule has 31 heavy (non-hydrogen) atoms. The second kappa shape index (κ2) is 7.44. The fourth-order valence-corrected chi connectivity index (χ4v) is 6.74. The molecule has 6 heteroatoms. The summed E-state index contributed by atoms with van der Waals surface area (Å²) in [6, 6.07) is 8.49. The molecule has 2 fully saturated rings. The van der Waals surface area contributed by atoms with Crippen LogP contribution < -0.4 is 0 Å². The molecule has 0 bridgehead atoms. The van der Waals surface area contributed by atoms with E-state index in [1.807, 2.05) is 0 Å². The zero-order chi connectivity index (χ0) is 21.1. The summed E-state index contributed by atoms with van der Waals surface area (Å²) in [4.78, 5) is 2.59. The van der Waals surface area contributed by atoms with E-state index < -0.39 is 0 Å². The molecule has 2 aromatic heterocycles. The van der Waals surface area contributed by atoms with Crippen molar-refractivity contribution in [3.63, 3.8) is 0 Å². The lowest BCUT2D eigenvalue weighted by Gasteiger charge is -2.45. The summed E-state index contributed by atoms with van der Waals surface area (Å²) in [6.07, 6.45) is 11.1. The van der Waals surface area contributed by atoms with Crippen molar-refractivity contribution in [3.8, 4) is 0 Å². The summed E-state index contributed by atoms with van der Waals surface area (Å²) in [7, 11) is 2.31. The topological polar surface area (TPSA) is 51.8 Å². The van der Waals surface area contributed by atoms with E-state index in [1.54, 1.807) is 0 Å². The monoisotopic (exact) mass is 418 g/mol. The van der Waals surface area contributed by atoms with Gasteiger partial charge in [0, 0.05) is 47.6 Å². The van der Waals surface area contributed by atoms with Crippen molar-refractivity contribution >= 4 is 10.9 Å². The quantitative estimate of drug-likeness (QED) is 0.611. The molecule has 3 aliphatic rings. The minimum Gasteiger partial charge on any atom is -0.345 e. The molecular weight excluding hydrogens is 384 g/mol. The fourth-order valence-electron chi connectivity index (χ4n) is 6.74. The van der Waals surface area contributed by atoms with Crippen LogP contribution >= 0.6 is 0 Å². The number of nitrogens with zero attached hydrogens (tertiary/aromatic N) is 6. The van der Waals surface area contributed by atoms with Gasteiger partial charge in [-0.15, -0.1) is 5.10 Å². The normalized spacial score (nSPS) is 27.2. The third-order valence-electron chi connectivity index (χ3n) is 8.24. The third kappa shape index (κ3) is 3.05. The Kier molecular flexibility index (Phi) is 4.67. The van der Waals surface area contributed by atoms with E-state index in [0.29, 0.717) is 30.0 Å². The number of likely N-dealkylation sites (N-methyl/N-ethyl adjacent to an activating group) is 1. The predicted molar refractivity (Wildman–Crippen MR) is 122 cm³/mol. The molecule has 0 amide bonds. The van der Waals surface area contributed by atoms with E-state index in [2.05, 4.69) is 75.0 Å². The van der Waals surface area contributed by atoms with E-state index in [0.717, 1.165) is 25.2 Å². The minimum atomic E-state index is 0.396. The number of fused-ring (bicyclic) bond motifs is 2. The van der Waals surface area contributed by atoms with Gasteiger partial charge >= 0.3 is 0 Å². The second-order valence-corrected chi connectivity index (χ2v) is 10.4. The van der Waals surface area contributed by atoms with Crippen LogP contribution in [-0.4, -0.2) is 49.3 Å². The minimum absolute atomic E-state index is 0.396. The molecule has 1 saturated carbocycles. The number of tetrazole rings is 1. The molecule has 1 aliphatic heterocycles. The van der Waals surface area contributed by atoms with Gasteiger partial charge < -0.3 is 9.47 Å². The first-order valence-electron chi connectivity index (χ1n) is 12.2. The Morgan fingerprint density at radius 3 is 2.74 bits per heavy atom. The molecule has 1 aromatic carbocycles. The van der Waals surface area contributed by atoms with Crippen LogP contribution in [0.4, 0.5) is 0 Å². The zero-order valence-electron chi connectivity index (χ0n) is 19.0. The molecule has 3 heterocycles. The molecule has 2 aliphatic carbocycles. The van der Waals surface area contributed by atoms with Crippen LogP contribution in [0.3, 0.4) is 0 Å². The maximum atomic E-state index is 4.58. The summed E-state index contributed by atoms with van der Waals surface area (Å²) >= 11 is 0. The molecule has 0 spiro atoms.